The molecule has 0 amide bonds. The lowest BCUT2D eigenvalue weighted by Gasteiger charge is -2.38. The number of benzene rings is 2. The molecule has 1 heterocycles. The quantitative estimate of drug-likeness (QED) is 0.526. The predicted molar refractivity (Wildman–Crippen MR) is 108 cm³/mol. The Bertz CT molecular complexity index is 830. The van der Waals surface area contributed by atoms with E-state index in [0.29, 0.717) is 11.8 Å². The standard InChI is InChI=1S/C22H23Cl2N/c1-22(2,3)14-9-7-13(8-10-14)20-16-6-4-5-15(16)19-17(23)11-12-18(24)21(19)25-20/h4-5,7-12,15-16,20,25H,6H2,1-3H3/t15-,16-,20-/m0/s1. The van der Waals surface area contributed by atoms with Crippen molar-refractivity contribution < 1.29 is 0 Å². The van der Waals surface area contributed by atoms with Gasteiger partial charge in [-0.25, -0.2) is 0 Å². The van der Waals surface area contributed by atoms with Gasteiger partial charge in [0.15, 0.2) is 0 Å². The fraction of sp³-hybridized carbons (Fsp3) is 0.364. The number of halogens is 2. The third-order valence-electron chi connectivity index (χ3n) is 5.55. The summed E-state index contributed by atoms with van der Waals surface area (Å²) in [6.07, 6.45) is 5.63. The second-order valence-electron chi connectivity index (χ2n) is 8.17. The lowest BCUT2D eigenvalue weighted by molar-refractivity contribution is 0.425. The van der Waals surface area contributed by atoms with Gasteiger partial charge in [-0.15, -0.1) is 0 Å². The van der Waals surface area contributed by atoms with Crippen molar-refractivity contribution in [1.82, 2.24) is 0 Å². The fourth-order valence-corrected chi connectivity index (χ4v) is 4.65. The van der Waals surface area contributed by atoms with Gasteiger partial charge in [-0.2, -0.15) is 0 Å². The summed E-state index contributed by atoms with van der Waals surface area (Å²) in [4.78, 5) is 0. The molecule has 0 aromatic heterocycles. The molecule has 0 fully saturated rings. The van der Waals surface area contributed by atoms with Crippen molar-refractivity contribution >= 4 is 28.9 Å². The molecule has 1 N–H and O–H groups in total. The zero-order chi connectivity index (χ0) is 17.8. The minimum atomic E-state index is 0.166. The van der Waals surface area contributed by atoms with Crippen molar-refractivity contribution in [1.29, 1.82) is 0 Å². The van der Waals surface area contributed by atoms with Crippen molar-refractivity contribution in [3.05, 3.63) is 75.3 Å². The molecule has 4 rings (SSSR count). The third kappa shape index (κ3) is 2.88. The maximum absolute atomic E-state index is 6.51. The molecule has 130 valence electrons. The van der Waals surface area contributed by atoms with E-state index >= 15 is 0 Å². The van der Waals surface area contributed by atoms with Crippen LogP contribution in [0, 0.1) is 5.92 Å². The highest BCUT2D eigenvalue weighted by Gasteiger charge is 2.39. The van der Waals surface area contributed by atoms with Crippen molar-refractivity contribution in [3.63, 3.8) is 0 Å². The van der Waals surface area contributed by atoms with E-state index in [1.807, 2.05) is 12.1 Å². The summed E-state index contributed by atoms with van der Waals surface area (Å²) in [5.74, 6) is 0.804. The Morgan fingerprint density at radius 1 is 0.960 bits per heavy atom. The minimum absolute atomic E-state index is 0.166. The lowest BCUT2D eigenvalue weighted by Crippen LogP contribution is -2.29. The molecule has 3 heteroatoms. The molecular weight excluding hydrogens is 349 g/mol. The zero-order valence-electron chi connectivity index (χ0n) is 14.8. The average Bonchev–Trinajstić information content (AvgIpc) is 3.06. The summed E-state index contributed by atoms with van der Waals surface area (Å²) in [6.45, 7) is 6.74. The topological polar surface area (TPSA) is 12.0 Å². The van der Waals surface area contributed by atoms with Crippen LogP contribution in [-0.2, 0) is 5.41 Å². The Morgan fingerprint density at radius 3 is 2.32 bits per heavy atom. The van der Waals surface area contributed by atoms with Crippen LogP contribution in [0.15, 0.2) is 48.6 Å². The van der Waals surface area contributed by atoms with Crippen molar-refractivity contribution in [2.75, 3.05) is 5.32 Å². The van der Waals surface area contributed by atoms with Gasteiger partial charge in [0.1, 0.15) is 0 Å². The summed E-state index contributed by atoms with van der Waals surface area (Å²) in [6, 6.07) is 13.1. The van der Waals surface area contributed by atoms with Gasteiger partial charge in [0.25, 0.3) is 0 Å². The first-order valence-electron chi connectivity index (χ1n) is 8.88. The van der Waals surface area contributed by atoms with Crippen LogP contribution in [0.3, 0.4) is 0 Å². The number of anilines is 1. The second-order valence-corrected chi connectivity index (χ2v) is 8.98. The molecule has 3 atom stereocenters. The van der Waals surface area contributed by atoms with Crippen molar-refractivity contribution in [2.45, 2.75) is 44.6 Å². The van der Waals surface area contributed by atoms with Gasteiger partial charge in [-0.1, -0.05) is 80.4 Å². The van der Waals surface area contributed by atoms with E-state index in [0.717, 1.165) is 27.7 Å². The van der Waals surface area contributed by atoms with Crippen molar-refractivity contribution in [3.8, 4) is 0 Å². The van der Waals surface area contributed by atoms with Gasteiger partial charge < -0.3 is 5.32 Å². The number of hydrogen-bond donors (Lipinski definition) is 1. The molecule has 2 aromatic carbocycles. The highest BCUT2D eigenvalue weighted by atomic mass is 35.5. The average molecular weight is 372 g/mol. The normalized spacial score (nSPS) is 24.6. The molecule has 1 aliphatic carbocycles. The van der Waals surface area contributed by atoms with Gasteiger partial charge in [0.2, 0.25) is 0 Å². The molecule has 1 aliphatic heterocycles. The summed E-state index contributed by atoms with van der Waals surface area (Å²) in [5.41, 5.74) is 4.98. The van der Waals surface area contributed by atoms with Crippen LogP contribution in [-0.4, -0.2) is 0 Å². The molecule has 0 saturated carbocycles. The van der Waals surface area contributed by atoms with Gasteiger partial charge >= 0.3 is 0 Å². The molecule has 25 heavy (non-hydrogen) atoms. The summed E-state index contributed by atoms with van der Waals surface area (Å²) >= 11 is 13.0. The van der Waals surface area contributed by atoms with Crippen LogP contribution >= 0.6 is 23.2 Å². The molecule has 0 spiro atoms. The second kappa shape index (κ2) is 6.07. The highest BCUT2D eigenvalue weighted by Crippen LogP contribution is 2.53. The van der Waals surface area contributed by atoms with E-state index < -0.39 is 0 Å². The van der Waals surface area contributed by atoms with E-state index in [9.17, 15) is 0 Å². The summed E-state index contributed by atoms with van der Waals surface area (Å²) < 4.78 is 0. The fourth-order valence-electron chi connectivity index (χ4n) is 4.15. The molecular formula is C22H23Cl2N. The Labute approximate surface area is 160 Å². The van der Waals surface area contributed by atoms with E-state index in [1.54, 1.807) is 0 Å². The lowest BCUT2D eigenvalue weighted by atomic mass is 9.76. The zero-order valence-corrected chi connectivity index (χ0v) is 16.3. The van der Waals surface area contributed by atoms with Crippen LogP contribution in [0.1, 0.15) is 55.8 Å². The molecule has 0 unspecified atom stereocenters. The van der Waals surface area contributed by atoms with Crippen LogP contribution in [0.2, 0.25) is 10.0 Å². The van der Waals surface area contributed by atoms with Crippen LogP contribution in [0.4, 0.5) is 5.69 Å². The molecule has 2 aromatic rings. The first-order chi connectivity index (χ1) is 11.9. The van der Waals surface area contributed by atoms with Crippen molar-refractivity contribution in [2.24, 2.45) is 5.92 Å². The molecule has 0 radical (unpaired) electrons. The van der Waals surface area contributed by atoms with E-state index in [2.05, 4.69) is 62.5 Å². The largest absolute Gasteiger partial charge is 0.376 e. The molecule has 0 bridgehead atoms. The number of hydrogen-bond acceptors (Lipinski definition) is 1. The number of nitrogens with one attached hydrogen (secondary N) is 1. The Balaban J connectivity index is 1.76. The predicted octanol–water partition coefficient (Wildman–Crippen LogP) is 7.12. The highest BCUT2D eigenvalue weighted by molar-refractivity contribution is 6.36. The van der Waals surface area contributed by atoms with Gasteiger partial charge in [0, 0.05) is 16.5 Å². The Hall–Kier alpha value is -1.44. The Morgan fingerprint density at radius 2 is 1.64 bits per heavy atom. The van der Waals surface area contributed by atoms with Crippen LogP contribution in [0.25, 0.3) is 0 Å². The smallest absolute Gasteiger partial charge is 0.0641 e. The van der Waals surface area contributed by atoms with Crippen LogP contribution in [0.5, 0.6) is 0 Å². The van der Waals surface area contributed by atoms with E-state index in [4.69, 9.17) is 23.2 Å². The van der Waals surface area contributed by atoms with Gasteiger partial charge in [-0.05, 0) is 41.0 Å². The molecule has 1 nitrogen and oxygen atoms in total. The monoisotopic (exact) mass is 371 g/mol. The van der Waals surface area contributed by atoms with Gasteiger partial charge in [-0.3, -0.25) is 0 Å². The van der Waals surface area contributed by atoms with E-state index in [-0.39, 0.29) is 11.5 Å². The van der Waals surface area contributed by atoms with Crippen LogP contribution < -0.4 is 5.32 Å². The number of fused-ring (bicyclic) bond motifs is 3. The summed E-state index contributed by atoms with van der Waals surface area (Å²) in [5, 5.41) is 5.24. The number of rotatable bonds is 1. The minimum Gasteiger partial charge on any atom is -0.376 e. The third-order valence-corrected chi connectivity index (χ3v) is 6.20. The molecule has 2 aliphatic rings. The van der Waals surface area contributed by atoms with Gasteiger partial charge in [0.05, 0.1) is 16.8 Å². The maximum Gasteiger partial charge on any atom is 0.0641 e. The Kier molecular flexibility index (Phi) is 4.13. The first-order valence-corrected chi connectivity index (χ1v) is 9.63. The molecule has 0 saturated heterocycles. The number of allylic oxidation sites excluding steroid dienone is 2. The first kappa shape index (κ1) is 17.0. The van der Waals surface area contributed by atoms with E-state index in [1.165, 1.54) is 11.1 Å². The SMILES string of the molecule is CC(C)(C)c1ccc([C@@H]2Nc3c(Cl)ccc(Cl)c3[C@H]3C=CC[C@@H]32)cc1. The summed E-state index contributed by atoms with van der Waals surface area (Å²) in [7, 11) is 0. The maximum atomic E-state index is 6.51.